The predicted molar refractivity (Wildman–Crippen MR) is 86.6 cm³/mol. The van der Waals surface area contributed by atoms with Gasteiger partial charge in [0.25, 0.3) is 15.9 Å². The van der Waals surface area contributed by atoms with Crippen LogP contribution in [0, 0.1) is 11.3 Å². The molecule has 8 heteroatoms. The van der Waals surface area contributed by atoms with E-state index in [0.29, 0.717) is 16.8 Å². The van der Waals surface area contributed by atoms with Crippen LogP contribution in [0.1, 0.15) is 22.8 Å². The standard InChI is InChI=1S/C16H13N3O4S/c1-11(20)19-24(22,23)15-7-5-14(6-8-15)18-16(21)13-4-2-3-12(9-13)10-17/h2-9H,1H3,(H,18,21)(H,19,20). The summed E-state index contributed by atoms with van der Waals surface area (Å²) in [5.41, 5.74) is 1.05. The van der Waals surface area contributed by atoms with Crippen LogP contribution in [0.5, 0.6) is 0 Å². The maximum Gasteiger partial charge on any atom is 0.264 e. The Kier molecular flexibility index (Phi) is 4.96. The molecule has 0 bridgehead atoms. The Labute approximate surface area is 139 Å². The number of carbonyl (C=O) groups is 2. The molecule has 0 atom stereocenters. The van der Waals surface area contributed by atoms with E-state index in [4.69, 9.17) is 5.26 Å². The van der Waals surface area contributed by atoms with Crippen LogP contribution in [0.2, 0.25) is 0 Å². The first-order chi connectivity index (χ1) is 11.3. The molecule has 0 saturated heterocycles. The average molecular weight is 343 g/mol. The van der Waals surface area contributed by atoms with E-state index in [0.717, 1.165) is 6.92 Å². The summed E-state index contributed by atoms with van der Waals surface area (Å²) in [6.07, 6.45) is 0. The minimum atomic E-state index is -3.91. The second kappa shape index (κ2) is 6.93. The zero-order chi connectivity index (χ0) is 17.7. The molecule has 2 N–H and O–H groups in total. The first-order valence-corrected chi connectivity index (χ1v) is 8.25. The first-order valence-electron chi connectivity index (χ1n) is 6.77. The summed E-state index contributed by atoms with van der Waals surface area (Å²) in [7, 11) is -3.91. The van der Waals surface area contributed by atoms with Crippen molar-refractivity contribution in [3.05, 3.63) is 59.7 Å². The van der Waals surface area contributed by atoms with E-state index in [1.165, 1.54) is 30.3 Å². The van der Waals surface area contributed by atoms with Gasteiger partial charge in [0.2, 0.25) is 5.91 Å². The smallest absolute Gasteiger partial charge is 0.264 e. The number of nitriles is 1. The lowest BCUT2D eigenvalue weighted by atomic mass is 10.1. The molecule has 0 aromatic heterocycles. The maximum atomic E-state index is 12.1. The van der Waals surface area contributed by atoms with Crippen molar-refractivity contribution in [3.63, 3.8) is 0 Å². The number of amides is 2. The van der Waals surface area contributed by atoms with Crippen LogP contribution in [-0.2, 0) is 14.8 Å². The average Bonchev–Trinajstić information content (AvgIpc) is 2.54. The molecule has 0 aliphatic heterocycles. The van der Waals surface area contributed by atoms with Gasteiger partial charge >= 0.3 is 0 Å². The highest BCUT2D eigenvalue weighted by molar-refractivity contribution is 7.90. The third-order valence-electron chi connectivity index (χ3n) is 2.95. The molecule has 0 unspecified atom stereocenters. The number of hydrogen-bond acceptors (Lipinski definition) is 5. The molecule has 2 rings (SSSR count). The maximum absolute atomic E-state index is 12.1. The van der Waals surface area contributed by atoms with E-state index in [1.54, 1.807) is 18.2 Å². The minimum Gasteiger partial charge on any atom is -0.322 e. The second-order valence-electron chi connectivity index (χ2n) is 4.83. The Bertz CT molecular complexity index is 929. The van der Waals surface area contributed by atoms with Gasteiger partial charge in [-0.3, -0.25) is 9.59 Å². The third kappa shape index (κ3) is 4.18. The van der Waals surface area contributed by atoms with Crippen LogP contribution in [0.4, 0.5) is 5.69 Å². The molecule has 0 fully saturated rings. The second-order valence-corrected chi connectivity index (χ2v) is 6.52. The van der Waals surface area contributed by atoms with Gasteiger partial charge in [0, 0.05) is 18.2 Å². The van der Waals surface area contributed by atoms with Crippen molar-refractivity contribution in [3.8, 4) is 6.07 Å². The number of benzene rings is 2. The highest BCUT2D eigenvalue weighted by atomic mass is 32.2. The van der Waals surface area contributed by atoms with Gasteiger partial charge < -0.3 is 5.32 Å². The molecule has 122 valence electrons. The van der Waals surface area contributed by atoms with E-state index in [9.17, 15) is 18.0 Å². The Morgan fingerprint density at radius 2 is 1.75 bits per heavy atom. The van der Waals surface area contributed by atoms with Crippen molar-refractivity contribution >= 4 is 27.5 Å². The molecule has 2 aromatic carbocycles. The summed E-state index contributed by atoms with van der Waals surface area (Å²) >= 11 is 0. The Balaban J connectivity index is 2.16. The van der Waals surface area contributed by atoms with E-state index in [-0.39, 0.29) is 4.90 Å². The van der Waals surface area contributed by atoms with Gasteiger partial charge in [0.15, 0.2) is 0 Å². The fourth-order valence-corrected chi connectivity index (χ4v) is 2.89. The van der Waals surface area contributed by atoms with Gasteiger partial charge in [-0.15, -0.1) is 0 Å². The molecule has 0 spiro atoms. The molecule has 2 amide bonds. The molecule has 0 radical (unpaired) electrons. The van der Waals surface area contributed by atoms with Gasteiger partial charge in [-0.25, -0.2) is 13.1 Å². The van der Waals surface area contributed by atoms with Gasteiger partial charge in [-0.05, 0) is 42.5 Å². The van der Waals surface area contributed by atoms with Crippen molar-refractivity contribution < 1.29 is 18.0 Å². The van der Waals surface area contributed by atoms with E-state index < -0.39 is 21.8 Å². The van der Waals surface area contributed by atoms with Crippen LogP contribution >= 0.6 is 0 Å². The largest absolute Gasteiger partial charge is 0.322 e. The van der Waals surface area contributed by atoms with Crippen molar-refractivity contribution in [2.45, 2.75) is 11.8 Å². The molecule has 0 saturated carbocycles. The van der Waals surface area contributed by atoms with Crippen molar-refractivity contribution in [2.75, 3.05) is 5.32 Å². The highest BCUT2D eigenvalue weighted by Crippen LogP contribution is 2.15. The van der Waals surface area contributed by atoms with Crippen molar-refractivity contribution in [1.82, 2.24) is 4.72 Å². The zero-order valence-corrected chi connectivity index (χ0v) is 13.4. The monoisotopic (exact) mass is 343 g/mol. The third-order valence-corrected chi connectivity index (χ3v) is 4.40. The summed E-state index contributed by atoms with van der Waals surface area (Å²) in [5.74, 6) is -1.12. The number of rotatable bonds is 4. The minimum absolute atomic E-state index is 0.0952. The lowest BCUT2D eigenvalue weighted by molar-refractivity contribution is -0.117. The Hall–Kier alpha value is -3.18. The molecule has 0 aliphatic carbocycles. The molecular formula is C16H13N3O4S. The lowest BCUT2D eigenvalue weighted by Gasteiger charge is -2.08. The summed E-state index contributed by atoms with van der Waals surface area (Å²) in [5, 5.41) is 11.4. The summed E-state index contributed by atoms with van der Waals surface area (Å²) < 4.78 is 25.5. The molecular weight excluding hydrogens is 330 g/mol. The normalized spacial score (nSPS) is 10.5. The van der Waals surface area contributed by atoms with Crippen LogP contribution in [0.3, 0.4) is 0 Å². The van der Waals surface area contributed by atoms with Crippen molar-refractivity contribution in [1.29, 1.82) is 5.26 Å². The quantitative estimate of drug-likeness (QED) is 0.875. The molecule has 2 aromatic rings. The Morgan fingerprint density at radius 1 is 1.08 bits per heavy atom. The van der Waals surface area contributed by atoms with Gasteiger partial charge in [-0.2, -0.15) is 5.26 Å². The highest BCUT2D eigenvalue weighted by Gasteiger charge is 2.15. The predicted octanol–water partition coefficient (Wildman–Crippen LogP) is 1.64. The number of nitrogens with zero attached hydrogens (tertiary/aromatic N) is 1. The SMILES string of the molecule is CC(=O)NS(=O)(=O)c1ccc(NC(=O)c2cccc(C#N)c2)cc1. The van der Waals surface area contributed by atoms with E-state index in [2.05, 4.69) is 5.32 Å². The fourth-order valence-electron chi connectivity index (χ4n) is 1.90. The number of carbonyl (C=O) groups excluding carboxylic acids is 2. The molecule has 24 heavy (non-hydrogen) atoms. The van der Waals surface area contributed by atoms with E-state index in [1.807, 2.05) is 10.8 Å². The van der Waals surface area contributed by atoms with Crippen LogP contribution in [0.15, 0.2) is 53.4 Å². The topological polar surface area (TPSA) is 116 Å². The van der Waals surface area contributed by atoms with Crippen LogP contribution in [-0.4, -0.2) is 20.2 Å². The van der Waals surface area contributed by atoms with Crippen LogP contribution < -0.4 is 10.0 Å². The Morgan fingerprint density at radius 3 is 2.33 bits per heavy atom. The summed E-state index contributed by atoms with van der Waals surface area (Å²) in [6.45, 7) is 1.10. The van der Waals surface area contributed by atoms with Crippen molar-refractivity contribution in [2.24, 2.45) is 0 Å². The first kappa shape index (κ1) is 17.2. The number of anilines is 1. The molecule has 0 aliphatic rings. The van der Waals surface area contributed by atoms with Crippen LogP contribution in [0.25, 0.3) is 0 Å². The summed E-state index contributed by atoms with van der Waals surface area (Å²) in [4.78, 5) is 22.9. The molecule has 0 heterocycles. The fraction of sp³-hybridized carbons (Fsp3) is 0.0625. The number of nitrogens with one attached hydrogen (secondary N) is 2. The number of sulfonamides is 1. The zero-order valence-electron chi connectivity index (χ0n) is 12.6. The molecule has 7 nitrogen and oxygen atoms in total. The van der Waals surface area contributed by atoms with E-state index >= 15 is 0 Å². The lowest BCUT2D eigenvalue weighted by Crippen LogP contribution is -2.28. The van der Waals surface area contributed by atoms with Gasteiger partial charge in [-0.1, -0.05) is 6.07 Å². The van der Waals surface area contributed by atoms with Gasteiger partial charge in [0.1, 0.15) is 0 Å². The number of hydrogen-bond donors (Lipinski definition) is 2. The van der Waals surface area contributed by atoms with Gasteiger partial charge in [0.05, 0.1) is 16.5 Å². The summed E-state index contributed by atoms with van der Waals surface area (Å²) in [6, 6.07) is 13.5.